The molecule has 0 N–H and O–H groups in total. The van der Waals surface area contributed by atoms with E-state index in [0.29, 0.717) is 6.61 Å². The van der Waals surface area contributed by atoms with Gasteiger partial charge in [0.05, 0.1) is 18.6 Å². The largest absolute Gasteiger partial charge is 0.377 e. The molecule has 0 aromatic carbocycles. The van der Waals surface area contributed by atoms with Crippen molar-refractivity contribution in [3.63, 3.8) is 0 Å². The molecule has 0 fully saturated rings. The van der Waals surface area contributed by atoms with Crippen LogP contribution in [-0.2, 0) is 9.53 Å². The average Bonchev–Trinajstić information content (AvgIpc) is 2.23. The number of ether oxygens (including phenoxy) is 1. The molecule has 0 unspecified atom stereocenters. The van der Waals surface area contributed by atoms with Gasteiger partial charge in [-0.2, -0.15) is 0 Å². The molecule has 21 heavy (non-hydrogen) atoms. The Morgan fingerprint density at radius 3 is 1.95 bits per heavy atom. The van der Waals surface area contributed by atoms with E-state index in [4.69, 9.17) is 4.74 Å². The predicted molar refractivity (Wildman–Crippen MR) is 90.3 cm³/mol. The van der Waals surface area contributed by atoms with E-state index in [2.05, 4.69) is 41.5 Å². The van der Waals surface area contributed by atoms with Crippen LogP contribution in [0.25, 0.3) is 0 Å². The third-order valence-electron chi connectivity index (χ3n) is 2.89. The molecular weight excluding hydrogens is 262 g/mol. The second-order valence-electron chi connectivity index (χ2n) is 8.92. The third kappa shape index (κ3) is 9.67. The standard InChI is InChI=1S/C18H35NO2/c1-16(2,3)13-19(9)15(20)18(7,8)11-10-12-21-14-17(4,5)6/h10-11H,12-14H2,1-9H3/b11-10+. The van der Waals surface area contributed by atoms with Crippen LogP contribution in [0.2, 0.25) is 0 Å². The van der Waals surface area contributed by atoms with E-state index in [-0.39, 0.29) is 16.7 Å². The Labute approximate surface area is 131 Å². The molecule has 0 heterocycles. The van der Waals surface area contributed by atoms with Crippen LogP contribution in [0, 0.1) is 16.2 Å². The molecule has 0 saturated carbocycles. The zero-order valence-corrected chi connectivity index (χ0v) is 15.5. The van der Waals surface area contributed by atoms with Crippen molar-refractivity contribution < 1.29 is 9.53 Å². The minimum Gasteiger partial charge on any atom is -0.377 e. The maximum Gasteiger partial charge on any atom is 0.231 e. The van der Waals surface area contributed by atoms with E-state index in [0.717, 1.165) is 13.2 Å². The highest BCUT2D eigenvalue weighted by Gasteiger charge is 2.29. The first-order valence-corrected chi connectivity index (χ1v) is 7.76. The number of hydrogen-bond acceptors (Lipinski definition) is 2. The molecule has 0 rings (SSSR count). The lowest BCUT2D eigenvalue weighted by molar-refractivity contribution is -0.137. The summed E-state index contributed by atoms with van der Waals surface area (Å²) in [5.41, 5.74) is -0.211. The molecule has 3 nitrogen and oxygen atoms in total. The molecule has 0 aromatic heterocycles. The first-order chi connectivity index (χ1) is 9.25. The Hall–Kier alpha value is -0.830. The number of carbonyl (C=O) groups excluding carboxylic acids is 1. The Morgan fingerprint density at radius 2 is 1.52 bits per heavy atom. The van der Waals surface area contributed by atoms with Crippen molar-refractivity contribution in [2.75, 3.05) is 26.8 Å². The molecule has 0 aliphatic rings. The minimum absolute atomic E-state index is 0.111. The van der Waals surface area contributed by atoms with Gasteiger partial charge in [-0.05, 0) is 24.7 Å². The average molecular weight is 297 g/mol. The molecule has 0 radical (unpaired) electrons. The smallest absolute Gasteiger partial charge is 0.231 e. The second-order valence-corrected chi connectivity index (χ2v) is 8.92. The summed E-state index contributed by atoms with van der Waals surface area (Å²) < 4.78 is 5.60. The van der Waals surface area contributed by atoms with Crippen molar-refractivity contribution in [3.05, 3.63) is 12.2 Å². The predicted octanol–water partition coefficient (Wildman–Crippen LogP) is 4.14. The summed E-state index contributed by atoms with van der Waals surface area (Å²) >= 11 is 0. The van der Waals surface area contributed by atoms with Crippen molar-refractivity contribution >= 4 is 5.91 Å². The number of rotatable bonds is 6. The Bertz CT molecular complexity index is 356. The van der Waals surface area contributed by atoms with E-state index < -0.39 is 5.41 Å². The lowest BCUT2D eigenvalue weighted by Crippen LogP contribution is -2.41. The van der Waals surface area contributed by atoms with E-state index in [9.17, 15) is 4.79 Å². The summed E-state index contributed by atoms with van der Waals surface area (Å²) in [4.78, 5) is 14.3. The van der Waals surface area contributed by atoms with Gasteiger partial charge in [-0.1, -0.05) is 53.7 Å². The summed E-state index contributed by atoms with van der Waals surface area (Å²) in [6, 6.07) is 0. The molecule has 0 aliphatic heterocycles. The van der Waals surface area contributed by atoms with Crippen molar-refractivity contribution in [1.82, 2.24) is 4.90 Å². The molecule has 124 valence electrons. The summed E-state index contributed by atoms with van der Waals surface area (Å²) in [6.07, 6.45) is 3.91. The van der Waals surface area contributed by atoms with Gasteiger partial charge in [0.1, 0.15) is 0 Å². The highest BCUT2D eigenvalue weighted by Crippen LogP contribution is 2.23. The van der Waals surface area contributed by atoms with Gasteiger partial charge in [0.25, 0.3) is 0 Å². The van der Waals surface area contributed by atoms with E-state index in [1.54, 1.807) is 0 Å². The Morgan fingerprint density at radius 1 is 1.00 bits per heavy atom. The van der Waals surface area contributed by atoms with E-state index in [1.165, 1.54) is 0 Å². The molecule has 0 saturated heterocycles. The topological polar surface area (TPSA) is 29.5 Å². The molecule has 0 aliphatic carbocycles. The van der Waals surface area contributed by atoms with Gasteiger partial charge < -0.3 is 9.64 Å². The number of nitrogens with zero attached hydrogens (tertiary/aromatic N) is 1. The SMILES string of the molecule is CN(CC(C)(C)C)C(=O)C(C)(C)/C=C/COCC(C)(C)C. The fourth-order valence-electron chi connectivity index (χ4n) is 2.12. The van der Waals surface area contributed by atoms with Gasteiger partial charge in [-0.25, -0.2) is 0 Å². The van der Waals surface area contributed by atoms with Gasteiger partial charge in [0.2, 0.25) is 5.91 Å². The van der Waals surface area contributed by atoms with Crippen LogP contribution in [0.4, 0.5) is 0 Å². The van der Waals surface area contributed by atoms with Gasteiger partial charge in [-0.15, -0.1) is 0 Å². The zero-order valence-electron chi connectivity index (χ0n) is 15.5. The Balaban J connectivity index is 4.43. The number of amides is 1. The fourth-order valence-corrected chi connectivity index (χ4v) is 2.12. The maximum absolute atomic E-state index is 12.5. The van der Waals surface area contributed by atoms with E-state index >= 15 is 0 Å². The molecule has 1 amide bonds. The Kier molecular flexibility index (Phi) is 7.14. The first-order valence-electron chi connectivity index (χ1n) is 7.76. The highest BCUT2D eigenvalue weighted by atomic mass is 16.5. The van der Waals surface area contributed by atoms with Crippen molar-refractivity contribution in [2.24, 2.45) is 16.2 Å². The summed E-state index contributed by atoms with van der Waals surface area (Å²) in [5, 5.41) is 0. The van der Waals surface area contributed by atoms with Crippen molar-refractivity contribution in [3.8, 4) is 0 Å². The second kappa shape index (κ2) is 7.44. The molecule has 0 aromatic rings. The van der Waals surface area contributed by atoms with Crippen LogP contribution in [0.5, 0.6) is 0 Å². The lowest BCUT2D eigenvalue weighted by Gasteiger charge is -2.32. The van der Waals surface area contributed by atoms with Gasteiger partial charge in [-0.3, -0.25) is 4.79 Å². The number of hydrogen-bond donors (Lipinski definition) is 0. The number of carbonyl (C=O) groups is 1. The van der Waals surface area contributed by atoms with Gasteiger partial charge in [0.15, 0.2) is 0 Å². The van der Waals surface area contributed by atoms with Crippen molar-refractivity contribution in [2.45, 2.75) is 55.4 Å². The third-order valence-corrected chi connectivity index (χ3v) is 2.89. The van der Waals surface area contributed by atoms with Crippen LogP contribution in [0.3, 0.4) is 0 Å². The summed E-state index contributed by atoms with van der Waals surface area (Å²) in [6.45, 7) is 18.8. The van der Waals surface area contributed by atoms with Gasteiger partial charge >= 0.3 is 0 Å². The maximum atomic E-state index is 12.5. The molecular formula is C18H35NO2. The molecule has 3 heteroatoms. The van der Waals surface area contributed by atoms with Crippen LogP contribution >= 0.6 is 0 Å². The highest BCUT2D eigenvalue weighted by molar-refractivity contribution is 5.83. The molecule has 0 bridgehead atoms. The summed E-state index contributed by atoms with van der Waals surface area (Å²) in [5.74, 6) is 0.143. The van der Waals surface area contributed by atoms with Crippen LogP contribution < -0.4 is 0 Å². The molecule has 0 spiro atoms. The van der Waals surface area contributed by atoms with E-state index in [1.807, 2.05) is 37.9 Å². The summed E-state index contributed by atoms with van der Waals surface area (Å²) in [7, 11) is 1.87. The quantitative estimate of drug-likeness (QED) is 0.545. The lowest BCUT2D eigenvalue weighted by atomic mass is 9.89. The zero-order chi connectivity index (χ0) is 16.9. The van der Waals surface area contributed by atoms with Crippen LogP contribution in [-0.4, -0.2) is 37.6 Å². The fraction of sp³-hybridized carbons (Fsp3) is 0.833. The van der Waals surface area contributed by atoms with Crippen LogP contribution in [0.1, 0.15) is 55.4 Å². The van der Waals surface area contributed by atoms with Gasteiger partial charge in [0, 0.05) is 13.6 Å². The van der Waals surface area contributed by atoms with Crippen molar-refractivity contribution in [1.29, 1.82) is 0 Å². The molecule has 0 atom stereocenters. The van der Waals surface area contributed by atoms with Crippen LogP contribution in [0.15, 0.2) is 12.2 Å². The normalized spacial score (nSPS) is 13.8. The first kappa shape index (κ1) is 20.2. The monoisotopic (exact) mass is 297 g/mol. The minimum atomic E-state index is -0.495.